The van der Waals surface area contributed by atoms with E-state index in [0.29, 0.717) is 19.6 Å². The predicted molar refractivity (Wildman–Crippen MR) is 83.0 cm³/mol. The van der Waals surface area contributed by atoms with Crippen molar-refractivity contribution in [2.24, 2.45) is 0 Å². The summed E-state index contributed by atoms with van der Waals surface area (Å²) in [6, 6.07) is 5.84. The Labute approximate surface area is 135 Å². The van der Waals surface area contributed by atoms with Gasteiger partial charge in [-0.1, -0.05) is 28.9 Å². The van der Waals surface area contributed by atoms with Gasteiger partial charge in [-0.05, 0) is 46.5 Å². The van der Waals surface area contributed by atoms with E-state index in [0.717, 1.165) is 22.2 Å². The van der Waals surface area contributed by atoms with Gasteiger partial charge in [-0.25, -0.2) is 8.78 Å². The maximum Gasteiger partial charge on any atom is 0.261 e. The first-order valence-corrected chi connectivity index (χ1v) is 8.17. The van der Waals surface area contributed by atoms with Crippen molar-refractivity contribution < 1.29 is 18.3 Å². The molecule has 0 bridgehead atoms. The van der Waals surface area contributed by atoms with Gasteiger partial charge in [0.1, 0.15) is 12.4 Å². The Morgan fingerprint density at radius 1 is 1.25 bits per heavy atom. The zero-order valence-electron chi connectivity index (χ0n) is 11.3. The van der Waals surface area contributed by atoms with E-state index in [-0.39, 0.29) is 4.83 Å². The van der Waals surface area contributed by atoms with Crippen LogP contribution in [0.25, 0.3) is 0 Å². The molecule has 0 aliphatic carbocycles. The fraction of sp³-hybridized carbons (Fsp3) is 0.571. The number of ether oxygens (including phenoxy) is 2. The predicted octanol–water partition coefficient (Wildman–Crippen LogP) is 5.35. The molecular weight excluding hydrogens is 398 g/mol. The van der Waals surface area contributed by atoms with E-state index in [1.807, 2.05) is 18.2 Å². The fourth-order valence-corrected chi connectivity index (χ4v) is 2.55. The topological polar surface area (TPSA) is 18.5 Å². The summed E-state index contributed by atoms with van der Waals surface area (Å²) in [6.07, 6.45) is -0.821. The quantitative estimate of drug-likeness (QED) is 0.400. The second-order valence-corrected chi connectivity index (χ2v) is 6.22. The van der Waals surface area contributed by atoms with Gasteiger partial charge in [0.2, 0.25) is 0 Å². The first-order valence-electron chi connectivity index (χ1n) is 6.46. The van der Waals surface area contributed by atoms with E-state index in [2.05, 4.69) is 38.8 Å². The molecule has 20 heavy (non-hydrogen) atoms. The molecule has 0 N–H and O–H groups in total. The molecule has 0 aliphatic rings. The number of rotatable bonds is 9. The maximum atomic E-state index is 11.9. The second-order valence-electron chi connectivity index (χ2n) is 4.26. The third-order valence-electron chi connectivity index (χ3n) is 2.54. The van der Waals surface area contributed by atoms with Crippen LogP contribution < -0.4 is 4.74 Å². The SMILES string of the molecule is CCCOc1ccc(C(Br)CCOCC(F)F)cc1Br. The van der Waals surface area contributed by atoms with Gasteiger partial charge in [0.25, 0.3) is 6.43 Å². The van der Waals surface area contributed by atoms with E-state index in [9.17, 15) is 8.78 Å². The van der Waals surface area contributed by atoms with Gasteiger partial charge in [0, 0.05) is 11.4 Å². The summed E-state index contributed by atoms with van der Waals surface area (Å²) in [4.78, 5) is 0.0664. The molecule has 0 radical (unpaired) electrons. The van der Waals surface area contributed by atoms with Gasteiger partial charge in [0.05, 0.1) is 11.1 Å². The van der Waals surface area contributed by atoms with Crippen molar-refractivity contribution in [2.75, 3.05) is 19.8 Å². The van der Waals surface area contributed by atoms with Crippen LogP contribution in [0.4, 0.5) is 8.78 Å². The minimum absolute atomic E-state index is 0.0664. The highest BCUT2D eigenvalue weighted by molar-refractivity contribution is 9.10. The van der Waals surface area contributed by atoms with Crippen LogP contribution in [-0.4, -0.2) is 26.2 Å². The molecule has 0 aliphatic heterocycles. The fourth-order valence-electron chi connectivity index (χ4n) is 1.57. The van der Waals surface area contributed by atoms with Gasteiger partial charge < -0.3 is 9.47 Å². The van der Waals surface area contributed by atoms with E-state index in [4.69, 9.17) is 9.47 Å². The van der Waals surface area contributed by atoms with Crippen LogP contribution >= 0.6 is 31.9 Å². The molecule has 0 fully saturated rings. The smallest absolute Gasteiger partial charge is 0.261 e. The molecule has 1 aromatic rings. The number of alkyl halides is 3. The van der Waals surface area contributed by atoms with Crippen LogP contribution in [0.15, 0.2) is 22.7 Å². The molecule has 1 rings (SSSR count). The van der Waals surface area contributed by atoms with Gasteiger partial charge in [-0.2, -0.15) is 0 Å². The van der Waals surface area contributed by atoms with Crippen molar-refractivity contribution in [3.8, 4) is 5.75 Å². The van der Waals surface area contributed by atoms with Gasteiger partial charge in [0.15, 0.2) is 0 Å². The summed E-state index contributed by atoms with van der Waals surface area (Å²) in [5.74, 6) is 0.809. The molecule has 1 atom stereocenters. The van der Waals surface area contributed by atoms with E-state index in [1.165, 1.54) is 0 Å². The summed E-state index contributed by atoms with van der Waals surface area (Å²) < 4.78 is 35.2. The van der Waals surface area contributed by atoms with Crippen molar-refractivity contribution in [2.45, 2.75) is 31.0 Å². The Hall–Kier alpha value is -0.200. The standard InChI is InChI=1S/C14H18Br2F2O2/c1-2-6-20-13-4-3-10(8-12(13)16)11(15)5-7-19-9-14(17)18/h3-4,8,11,14H,2,5-7,9H2,1H3. The number of halogens is 4. The van der Waals surface area contributed by atoms with Crippen LogP contribution in [-0.2, 0) is 4.74 Å². The Kier molecular flexibility index (Phi) is 8.64. The normalized spacial score (nSPS) is 12.7. The molecular formula is C14H18Br2F2O2. The first kappa shape index (κ1) is 17.9. The summed E-state index contributed by atoms with van der Waals surface area (Å²) in [5.41, 5.74) is 1.06. The van der Waals surface area contributed by atoms with Gasteiger partial charge in [-0.3, -0.25) is 0 Å². The summed E-state index contributed by atoms with van der Waals surface area (Å²) in [7, 11) is 0. The van der Waals surface area contributed by atoms with Crippen molar-refractivity contribution in [1.29, 1.82) is 0 Å². The Morgan fingerprint density at radius 2 is 2.00 bits per heavy atom. The third kappa shape index (κ3) is 6.50. The Balaban J connectivity index is 2.47. The largest absolute Gasteiger partial charge is 0.492 e. The lowest BCUT2D eigenvalue weighted by Crippen LogP contribution is -2.06. The molecule has 6 heteroatoms. The number of hydrogen-bond acceptors (Lipinski definition) is 2. The van der Waals surface area contributed by atoms with Crippen LogP contribution in [0.2, 0.25) is 0 Å². The van der Waals surface area contributed by atoms with Crippen LogP contribution in [0.3, 0.4) is 0 Å². The van der Waals surface area contributed by atoms with Crippen LogP contribution in [0.5, 0.6) is 5.75 Å². The lowest BCUT2D eigenvalue weighted by Gasteiger charge is -2.13. The highest BCUT2D eigenvalue weighted by atomic mass is 79.9. The third-order valence-corrected chi connectivity index (χ3v) is 4.15. The zero-order chi connectivity index (χ0) is 15.0. The second kappa shape index (κ2) is 9.68. The van der Waals surface area contributed by atoms with Gasteiger partial charge in [-0.15, -0.1) is 0 Å². The highest BCUT2D eigenvalue weighted by Crippen LogP contribution is 2.33. The average Bonchev–Trinajstić information content (AvgIpc) is 2.41. The van der Waals surface area contributed by atoms with E-state index >= 15 is 0 Å². The average molecular weight is 416 g/mol. The minimum Gasteiger partial charge on any atom is -0.492 e. The maximum absolute atomic E-state index is 11.9. The Bertz CT molecular complexity index is 403. The lowest BCUT2D eigenvalue weighted by molar-refractivity contribution is 0.0167. The van der Waals surface area contributed by atoms with Crippen LogP contribution in [0, 0.1) is 0 Å². The van der Waals surface area contributed by atoms with Crippen molar-refractivity contribution >= 4 is 31.9 Å². The van der Waals surface area contributed by atoms with Crippen molar-refractivity contribution in [1.82, 2.24) is 0 Å². The molecule has 0 saturated heterocycles. The molecule has 1 aromatic carbocycles. The lowest BCUT2D eigenvalue weighted by atomic mass is 10.1. The Morgan fingerprint density at radius 3 is 2.60 bits per heavy atom. The molecule has 0 amide bonds. The van der Waals surface area contributed by atoms with E-state index < -0.39 is 13.0 Å². The molecule has 0 heterocycles. The molecule has 0 aromatic heterocycles. The summed E-state index contributed by atoms with van der Waals surface area (Å²) in [6.45, 7) is 2.52. The van der Waals surface area contributed by atoms with Crippen molar-refractivity contribution in [3.05, 3.63) is 28.2 Å². The molecule has 0 saturated carbocycles. The van der Waals surface area contributed by atoms with Crippen LogP contribution in [0.1, 0.15) is 30.2 Å². The van der Waals surface area contributed by atoms with E-state index in [1.54, 1.807) is 0 Å². The molecule has 1 unspecified atom stereocenters. The molecule has 114 valence electrons. The van der Waals surface area contributed by atoms with Gasteiger partial charge >= 0.3 is 0 Å². The first-order chi connectivity index (χ1) is 9.54. The monoisotopic (exact) mass is 414 g/mol. The minimum atomic E-state index is -2.41. The molecule has 0 spiro atoms. The molecule has 2 nitrogen and oxygen atoms in total. The van der Waals surface area contributed by atoms with Crippen molar-refractivity contribution in [3.63, 3.8) is 0 Å². The summed E-state index contributed by atoms with van der Waals surface area (Å²) in [5, 5.41) is 0. The summed E-state index contributed by atoms with van der Waals surface area (Å²) >= 11 is 7.01. The zero-order valence-corrected chi connectivity index (χ0v) is 14.4. The number of benzene rings is 1. The highest BCUT2D eigenvalue weighted by Gasteiger charge is 2.11. The number of hydrogen-bond donors (Lipinski definition) is 0.